The van der Waals surface area contributed by atoms with Gasteiger partial charge in [-0.1, -0.05) is 84.1 Å². The van der Waals surface area contributed by atoms with Crippen LogP contribution in [0.3, 0.4) is 0 Å². The average Bonchev–Trinajstić information content (AvgIpc) is 3.40. The van der Waals surface area contributed by atoms with Crippen molar-refractivity contribution in [3.8, 4) is 22.0 Å². The van der Waals surface area contributed by atoms with Crippen molar-refractivity contribution in [3.63, 3.8) is 0 Å². The van der Waals surface area contributed by atoms with Gasteiger partial charge in [0.05, 0.1) is 5.69 Å². The first kappa shape index (κ1) is 18.8. The Morgan fingerprint density at radius 3 is 2.48 bits per heavy atom. The fourth-order valence-electron chi connectivity index (χ4n) is 2.69. The largest absolute Gasteiger partial charge is 0.339 e. The summed E-state index contributed by atoms with van der Waals surface area (Å²) in [5.74, 6) is 0.776. The molecule has 0 aliphatic rings. The summed E-state index contributed by atoms with van der Waals surface area (Å²) in [6.07, 6.45) is 3.90. The molecule has 144 valence electrons. The van der Waals surface area contributed by atoms with E-state index in [2.05, 4.69) is 20.4 Å². The van der Waals surface area contributed by atoms with E-state index in [-0.39, 0.29) is 5.91 Å². The van der Waals surface area contributed by atoms with Gasteiger partial charge in [0.15, 0.2) is 5.13 Å². The second kappa shape index (κ2) is 8.62. The lowest BCUT2D eigenvalue weighted by atomic mass is 10.1. The zero-order valence-corrected chi connectivity index (χ0v) is 16.5. The van der Waals surface area contributed by atoms with Crippen molar-refractivity contribution in [1.29, 1.82) is 0 Å². The van der Waals surface area contributed by atoms with Crippen molar-refractivity contribution in [2.75, 3.05) is 5.32 Å². The van der Waals surface area contributed by atoms with Gasteiger partial charge in [-0.15, -0.1) is 0 Å². The average molecular weight is 402 g/mol. The number of hydrogen-bond donors (Lipinski definition) is 1. The third-order valence-corrected chi connectivity index (χ3v) is 5.07. The lowest BCUT2D eigenvalue weighted by Crippen LogP contribution is -2.07. The second-order valence-corrected chi connectivity index (χ2v) is 7.16. The number of rotatable bonds is 6. The molecule has 1 amide bonds. The summed E-state index contributed by atoms with van der Waals surface area (Å²) in [7, 11) is 0. The molecule has 1 N–H and O–H groups in total. The summed E-state index contributed by atoms with van der Waals surface area (Å²) >= 11 is 1.32. The van der Waals surface area contributed by atoms with Crippen LogP contribution in [0, 0.1) is 0 Å². The molecule has 0 aliphatic heterocycles. The van der Waals surface area contributed by atoms with E-state index in [4.69, 9.17) is 4.52 Å². The standard InChI is InChI=1S/C22H18N4O2S/c1-2-18-24-21(26-28-18)20-19(16-11-7-4-8-12-16)25-22(29-20)23-17(27)14-13-15-9-5-3-6-10-15/h3-14H,2H2,1H3,(H,23,25,27)/b14-13-. The van der Waals surface area contributed by atoms with Gasteiger partial charge in [-0.3, -0.25) is 10.1 Å². The second-order valence-electron chi connectivity index (χ2n) is 6.16. The van der Waals surface area contributed by atoms with Gasteiger partial charge in [-0.25, -0.2) is 4.98 Å². The van der Waals surface area contributed by atoms with Crippen LogP contribution in [0.4, 0.5) is 5.13 Å². The van der Waals surface area contributed by atoms with Gasteiger partial charge < -0.3 is 4.52 Å². The molecule has 0 spiro atoms. The van der Waals surface area contributed by atoms with Crippen molar-refractivity contribution in [2.45, 2.75) is 13.3 Å². The summed E-state index contributed by atoms with van der Waals surface area (Å²) < 4.78 is 5.26. The van der Waals surface area contributed by atoms with Crippen LogP contribution in [0.5, 0.6) is 0 Å². The highest BCUT2D eigenvalue weighted by atomic mass is 32.1. The molecule has 0 bridgehead atoms. The SMILES string of the molecule is CCc1nc(-c2sc(NC(=O)/C=C\c3ccccc3)nc2-c2ccccc2)no1. The third kappa shape index (κ3) is 4.47. The number of amides is 1. The number of benzene rings is 2. The molecule has 2 heterocycles. The van der Waals surface area contributed by atoms with Crippen LogP contribution in [0.25, 0.3) is 28.0 Å². The lowest BCUT2D eigenvalue weighted by Gasteiger charge is -1.98. The first-order chi connectivity index (χ1) is 14.2. The van der Waals surface area contributed by atoms with E-state index in [9.17, 15) is 4.79 Å². The van der Waals surface area contributed by atoms with E-state index in [0.717, 1.165) is 16.0 Å². The topological polar surface area (TPSA) is 80.9 Å². The number of aryl methyl sites for hydroxylation is 1. The number of nitrogens with one attached hydrogen (secondary N) is 1. The van der Waals surface area contributed by atoms with Crippen LogP contribution in [0.1, 0.15) is 18.4 Å². The van der Waals surface area contributed by atoms with Crippen LogP contribution >= 0.6 is 11.3 Å². The maximum atomic E-state index is 12.3. The number of anilines is 1. The number of carbonyl (C=O) groups is 1. The molecule has 2 aromatic heterocycles. The molecule has 0 saturated carbocycles. The molecule has 0 fully saturated rings. The predicted molar refractivity (Wildman–Crippen MR) is 114 cm³/mol. The zero-order valence-electron chi connectivity index (χ0n) is 15.7. The third-order valence-electron chi connectivity index (χ3n) is 4.10. The molecular formula is C22H18N4O2S. The van der Waals surface area contributed by atoms with E-state index >= 15 is 0 Å². The summed E-state index contributed by atoms with van der Waals surface area (Å²) in [4.78, 5) is 22.1. The highest BCUT2D eigenvalue weighted by molar-refractivity contribution is 7.19. The number of thiazole rings is 1. The lowest BCUT2D eigenvalue weighted by molar-refractivity contribution is -0.111. The first-order valence-electron chi connectivity index (χ1n) is 9.16. The Morgan fingerprint density at radius 1 is 1.07 bits per heavy atom. The van der Waals surface area contributed by atoms with Crippen molar-refractivity contribution >= 4 is 28.5 Å². The number of nitrogens with zero attached hydrogens (tertiary/aromatic N) is 3. The molecule has 6 nitrogen and oxygen atoms in total. The van der Waals surface area contributed by atoms with E-state index in [1.807, 2.05) is 67.6 Å². The van der Waals surface area contributed by atoms with E-state index in [1.54, 1.807) is 6.08 Å². The molecule has 0 aliphatic carbocycles. The summed E-state index contributed by atoms with van der Waals surface area (Å²) in [5.41, 5.74) is 2.58. The molecule has 4 aromatic rings. The molecular weight excluding hydrogens is 384 g/mol. The van der Waals surface area contributed by atoms with Crippen molar-refractivity contribution < 1.29 is 9.32 Å². The zero-order chi connectivity index (χ0) is 20.1. The summed E-state index contributed by atoms with van der Waals surface area (Å²) in [6, 6.07) is 19.4. The van der Waals surface area contributed by atoms with Crippen molar-refractivity contribution in [3.05, 3.63) is 78.2 Å². The van der Waals surface area contributed by atoms with Crippen molar-refractivity contribution in [1.82, 2.24) is 15.1 Å². The minimum atomic E-state index is -0.254. The molecule has 0 atom stereocenters. The first-order valence-corrected chi connectivity index (χ1v) is 9.98. The van der Waals surface area contributed by atoms with Crippen molar-refractivity contribution in [2.24, 2.45) is 0 Å². The minimum absolute atomic E-state index is 0.254. The maximum Gasteiger partial charge on any atom is 0.250 e. The number of hydrogen-bond acceptors (Lipinski definition) is 6. The Hall–Kier alpha value is -3.58. The smallest absolute Gasteiger partial charge is 0.250 e. The Kier molecular flexibility index (Phi) is 5.58. The van der Waals surface area contributed by atoms with Gasteiger partial charge in [0, 0.05) is 18.1 Å². The van der Waals surface area contributed by atoms with Gasteiger partial charge in [0.2, 0.25) is 17.6 Å². The molecule has 0 radical (unpaired) electrons. The summed E-state index contributed by atoms with van der Waals surface area (Å²) in [6.45, 7) is 1.95. The van der Waals surface area contributed by atoms with Crippen LogP contribution in [0.15, 0.2) is 71.3 Å². The highest BCUT2D eigenvalue weighted by Gasteiger charge is 2.20. The molecule has 29 heavy (non-hydrogen) atoms. The molecule has 4 rings (SSSR count). The van der Waals surface area contributed by atoms with E-state index < -0.39 is 0 Å². The van der Waals surface area contributed by atoms with Crippen LogP contribution in [-0.4, -0.2) is 21.0 Å². The van der Waals surface area contributed by atoms with Gasteiger partial charge >= 0.3 is 0 Å². The maximum absolute atomic E-state index is 12.3. The predicted octanol–water partition coefficient (Wildman–Crippen LogP) is 5.07. The summed E-state index contributed by atoms with van der Waals surface area (Å²) in [5, 5.41) is 7.37. The number of carbonyl (C=O) groups excluding carboxylic acids is 1. The Balaban J connectivity index is 1.62. The number of aromatic nitrogens is 3. The van der Waals surface area contributed by atoms with Crippen LogP contribution in [0.2, 0.25) is 0 Å². The monoisotopic (exact) mass is 402 g/mol. The van der Waals surface area contributed by atoms with Crippen LogP contribution < -0.4 is 5.32 Å². The van der Waals surface area contributed by atoms with Gasteiger partial charge in [0.25, 0.3) is 0 Å². The fraction of sp³-hybridized carbons (Fsp3) is 0.0909. The minimum Gasteiger partial charge on any atom is -0.339 e. The Morgan fingerprint density at radius 2 is 1.79 bits per heavy atom. The highest BCUT2D eigenvalue weighted by Crippen LogP contribution is 2.37. The normalized spacial score (nSPS) is 11.1. The Bertz CT molecular complexity index is 1130. The molecule has 7 heteroatoms. The van der Waals surface area contributed by atoms with Gasteiger partial charge in [-0.2, -0.15) is 4.98 Å². The fourth-order valence-corrected chi connectivity index (χ4v) is 3.61. The van der Waals surface area contributed by atoms with E-state index in [1.165, 1.54) is 17.4 Å². The molecule has 2 aromatic carbocycles. The van der Waals surface area contributed by atoms with Gasteiger partial charge in [-0.05, 0) is 11.6 Å². The van der Waals surface area contributed by atoms with Gasteiger partial charge in [0.1, 0.15) is 4.88 Å². The quantitative estimate of drug-likeness (QED) is 0.455. The molecule has 0 unspecified atom stereocenters. The molecule has 0 saturated heterocycles. The van der Waals surface area contributed by atoms with Crippen LogP contribution in [-0.2, 0) is 11.2 Å². The van der Waals surface area contributed by atoms with E-state index in [0.29, 0.717) is 29.0 Å². The Labute approximate surface area is 171 Å².